The highest BCUT2D eigenvalue weighted by atomic mass is 32.1. The van der Waals surface area contributed by atoms with Crippen LogP contribution in [0.15, 0.2) is 88.4 Å². The number of aromatic nitrogens is 1. The van der Waals surface area contributed by atoms with E-state index in [-0.39, 0.29) is 0 Å². The van der Waals surface area contributed by atoms with E-state index in [0.29, 0.717) is 0 Å². The summed E-state index contributed by atoms with van der Waals surface area (Å²) >= 11 is 1.62. The van der Waals surface area contributed by atoms with E-state index < -0.39 is 0 Å². The van der Waals surface area contributed by atoms with Crippen molar-refractivity contribution in [2.24, 2.45) is 10.2 Å². The monoisotopic (exact) mass is 357 g/mol. The summed E-state index contributed by atoms with van der Waals surface area (Å²) in [4.78, 5) is 0.905. The molecule has 3 aromatic carbocycles. The van der Waals surface area contributed by atoms with E-state index in [1.54, 1.807) is 17.6 Å². The minimum atomic E-state index is 0.853. The molecule has 1 heterocycles. The third kappa shape index (κ3) is 3.37. The molecule has 0 N–H and O–H groups in total. The van der Waals surface area contributed by atoms with E-state index in [4.69, 9.17) is 0 Å². The smallest absolute Gasteiger partial charge is 0.211 e. The summed E-state index contributed by atoms with van der Waals surface area (Å²) in [7, 11) is 0. The van der Waals surface area contributed by atoms with Crippen LogP contribution < -0.4 is 4.80 Å². The lowest BCUT2D eigenvalue weighted by molar-refractivity contribution is 0.737. The zero-order valence-electron chi connectivity index (χ0n) is 14.5. The topological polar surface area (TPSA) is 29.6 Å². The van der Waals surface area contributed by atoms with E-state index in [0.717, 1.165) is 16.9 Å². The Hall–Kier alpha value is -2.98. The highest BCUT2D eigenvalue weighted by Crippen LogP contribution is 2.25. The molecule has 0 saturated carbocycles. The molecule has 0 atom stereocenters. The summed E-state index contributed by atoms with van der Waals surface area (Å²) < 4.78 is 2.21. The highest BCUT2D eigenvalue weighted by molar-refractivity contribution is 7.07. The van der Waals surface area contributed by atoms with Crippen molar-refractivity contribution in [1.82, 2.24) is 4.57 Å². The van der Waals surface area contributed by atoms with Crippen LogP contribution in [0, 0.1) is 0 Å². The third-order valence-corrected chi connectivity index (χ3v) is 5.16. The second-order valence-electron chi connectivity index (χ2n) is 5.96. The predicted octanol–water partition coefficient (Wildman–Crippen LogP) is 5.32. The van der Waals surface area contributed by atoms with Crippen molar-refractivity contribution in [3.05, 3.63) is 88.5 Å². The number of nitrogens with zero attached hydrogens (tertiary/aromatic N) is 3. The minimum Gasteiger partial charge on any atom is -0.315 e. The number of hydrogen-bond donors (Lipinski definition) is 0. The van der Waals surface area contributed by atoms with Gasteiger partial charge in [-0.15, -0.1) is 16.4 Å². The fourth-order valence-electron chi connectivity index (χ4n) is 2.98. The molecule has 1 aromatic heterocycles. The summed E-state index contributed by atoms with van der Waals surface area (Å²) in [6.45, 7) is 2.99. The summed E-state index contributed by atoms with van der Waals surface area (Å²) in [6, 6.07) is 25.0. The number of thiazole rings is 1. The Kier molecular flexibility index (Phi) is 4.75. The van der Waals surface area contributed by atoms with Crippen LogP contribution in [0.25, 0.3) is 22.0 Å². The Morgan fingerprint density at radius 1 is 0.923 bits per heavy atom. The fraction of sp³-hybridized carbons (Fsp3) is 0.0909. The molecule has 0 unspecified atom stereocenters. The molecule has 0 amide bonds. The van der Waals surface area contributed by atoms with E-state index in [9.17, 15) is 0 Å². The quantitative estimate of drug-likeness (QED) is 0.349. The van der Waals surface area contributed by atoms with Gasteiger partial charge >= 0.3 is 0 Å². The van der Waals surface area contributed by atoms with E-state index in [2.05, 4.69) is 69.5 Å². The maximum atomic E-state index is 4.43. The summed E-state index contributed by atoms with van der Waals surface area (Å²) in [5, 5.41) is 13.4. The molecule has 4 aromatic rings. The molecular weight excluding hydrogens is 338 g/mol. The molecule has 0 radical (unpaired) electrons. The Morgan fingerprint density at radius 3 is 2.50 bits per heavy atom. The molecule has 0 aliphatic heterocycles. The molecule has 0 saturated heterocycles. The molecule has 0 aliphatic carbocycles. The first-order valence-electron chi connectivity index (χ1n) is 8.65. The normalized spacial score (nSPS) is 12.3. The molecule has 0 bridgehead atoms. The minimum absolute atomic E-state index is 0.853. The molecule has 128 valence electrons. The van der Waals surface area contributed by atoms with Crippen molar-refractivity contribution >= 4 is 28.3 Å². The van der Waals surface area contributed by atoms with Crippen molar-refractivity contribution < 1.29 is 0 Å². The van der Waals surface area contributed by atoms with Crippen LogP contribution >= 0.6 is 11.3 Å². The predicted molar refractivity (Wildman–Crippen MR) is 111 cm³/mol. The van der Waals surface area contributed by atoms with Crippen LogP contribution in [0.2, 0.25) is 0 Å². The largest absolute Gasteiger partial charge is 0.315 e. The average molecular weight is 357 g/mol. The van der Waals surface area contributed by atoms with Crippen LogP contribution in [0.1, 0.15) is 12.5 Å². The number of hydrogen-bond acceptors (Lipinski definition) is 3. The number of benzene rings is 3. The first kappa shape index (κ1) is 16.5. The number of rotatable bonds is 4. The van der Waals surface area contributed by atoms with Gasteiger partial charge in [0.1, 0.15) is 0 Å². The van der Waals surface area contributed by atoms with Gasteiger partial charge in [0, 0.05) is 11.9 Å². The molecule has 0 fully saturated rings. The van der Waals surface area contributed by atoms with Gasteiger partial charge in [-0.2, -0.15) is 5.10 Å². The van der Waals surface area contributed by atoms with Gasteiger partial charge < -0.3 is 4.57 Å². The molecule has 0 aliphatic rings. The Labute approximate surface area is 156 Å². The molecule has 4 rings (SSSR count). The lowest BCUT2D eigenvalue weighted by atomic mass is 10.1. The Morgan fingerprint density at radius 2 is 1.69 bits per heavy atom. The lowest BCUT2D eigenvalue weighted by Crippen LogP contribution is -2.14. The first-order chi connectivity index (χ1) is 12.8. The number of fused-ring (bicyclic) bond motifs is 1. The van der Waals surface area contributed by atoms with E-state index >= 15 is 0 Å². The van der Waals surface area contributed by atoms with Gasteiger partial charge in [-0.05, 0) is 34.9 Å². The summed E-state index contributed by atoms with van der Waals surface area (Å²) in [6.07, 6.45) is 1.79. The van der Waals surface area contributed by atoms with Crippen molar-refractivity contribution in [2.75, 3.05) is 0 Å². The van der Waals surface area contributed by atoms with Gasteiger partial charge in [-0.25, -0.2) is 0 Å². The van der Waals surface area contributed by atoms with Crippen LogP contribution in [-0.4, -0.2) is 10.8 Å². The summed E-state index contributed by atoms with van der Waals surface area (Å²) in [5.74, 6) is 0. The molecule has 26 heavy (non-hydrogen) atoms. The zero-order valence-corrected chi connectivity index (χ0v) is 15.4. The van der Waals surface area contributed by atoms with E-state index in [1.807, 2.05) is 30.3 Å². The van der Waals surface area contributed by atoms with E-state index in [1.165, 1.54) is 22.0 Å². The van der Waals surface area contributed by atoms with Gasteiger partial charge in [0.2, 0.25) is 4.80 Å². The van der Waals surface area contributed by atoms with Crippen LogP contribution in [0.3, 0.4) is 0 Å². The molecule has 0 spiro atoms. The standard InChI is InChI=1S/C22H19N3S/c1-2-25-21(20-13-12-18-10-6-7-11-19(18)14-20)16-26-22(25)24-23-15-17-8-4-3-5-9-17/h3-16H,2H2,1H3/b23-15-,24-22-. The first-order valence-corrected chi connectivity index (χ1v) is 9.53. The van der Waals surface area contributed by atoms with Gasteiger partial charge in [-0.1, -0.05) is 66.7 Å². The zero-order chi connectivity index (χ0) is 17.8. The van der Waals surface area contributed by atoms with Gasteiger partial charge in [0.25, 0.3) is 0 Å². The third-order valence-electron chi connectivity index (χ3n) is 4.31. The molecular formula is C22H19N3S. The Balaban J connectivity index is 1.72. The second-order valence-corrected chi connectivity index (χ2v) is 6.80. The maximum absolute atomic E-state index is 4.43. The van der Waals surface area contributed by atoms with Crippen molar-refractivity contribution in [1.29, 1.82) is 0 Å². The Bertz CT molecular complexity index is 1120. The summed E-state index contributed by atoms with van der Waals surface area (Å²) in [5.41, 5.74) is 3.43. The van der Waals surface area contributed by atoms with Gasteiger partial charge in [0.05, 0.1) is 11.9 Å². The lowest BCUT2D eigenvalue weighted by Gasteiger charge is -2.07. The van der Waals surface area contributed by atoms with Crippen LogP contribution in [-0.2, 0) is 6.54 Å². The van der Waals surface area contributed by atoms with Crippen molar-refractivity contribution in [3.63, 3.8) is 0 Å². The van der Waals surface area contributed by atoms with Crippen LogP contribution in [0.5, 0.6) is 0 Å². The molecule has 3 nitrogen and oxygen atoms in total. The highest BCUT2D eigenvalue weighted by Gasteiger charge is 2.07. The SMILES string of the molecule is CCn1c(-c2ccc3ccccc3c2)cs/c1=N\N=C/c1ccccc1. The van der Waals surface area contributed by atoms with Crippen LogP contribution in [0.4, 0.5) is 0 Å². The molecule has 4 heteroatoms. The van der Waals surface area contributed by atoms with Crippen molar-refractivity contribution in [3.8, 4) is 11.3 Å². The van der Waals surface area contributed by atoms with Gasteiger partial charge in [-0.3, -0.25) is 0 Å². The average Bonchev–Trinajstić information content (AvgIpc) is 3.11. The maximum Gasteiger partial charge on any atom is 0.211 e. The fourth-order valence-corrected chi connectivity index (χ4v) is 3.91. The second kappa shape index (κ2) is 7.50. The van der Waals surface area contributed by atoms with Gasteiger partial charge in [0.15, 0.2) is 0 Å². The van der Waals surface area contributed by atoms with Crippen molar-refractivity contribution in [2.45, 2.75) is 13.5 Å².